The second-order valence-corrected chi connectivity index (χ2v) is 7.00. The van der Waals surface area contributed by atoms with Crippen LogP contribution in [0.1, 0.15) is 30.5 Å². The SMILES string of the molecule is CCC(N)c1cccc(S(=O)(=O)N(C)Cc2cn[nH]c2)c1. The number of aromatic nitrogens is 2. The van der Waals surface area contributed by atoms with Crippen LogP contribution < -0.4 is 5.73 Å². The molecule has 1 atom stereocenters. The van der Waals surface area contributed by atoms with E-state index in [1.54, 1.807) is 37.6 Å². The second kappa shape index (κ2) is 6.38. The molecule has 0 saturated carbocycles. The third-order valence-corrected chi connectivity index (χ3v) is 5.19. The number of aromatic amines is 1. The van der Waals surface area contributed by atoms with Crippen molar-refractivity contribution in [3.63, 3.8) is 0 Å². The Morgan fingerprint density at radius 2 is 2.19 bits per heavy atom. The standard InChI is InChI=1S/C14H20N4O2S/c1-3-14(15)12-5-4-6-13(7-12)21(19,20)18(2)10-11-8-16-17-9-11/h4-9,14H,3,10,15H2,1-2H3,(H,16,17). The first-order chi connectivity index (χ1) is 9.95. The van der Waals surface area contributed by atoms with Crippen LogP contribution in [0.2, 0.25) is 0 Å². The molecule has 1 aromatic carbocycles. The molecule has 0 saturated heterocycles. The topological polar surface area (TPSA) is 92.1 Å². The number of rotatable bonds is 6. The predicted molar refractivity (Wildman–Crippen MR) is 80.9 cm³/mol. The van der Waals surface area contributed by atoms with E-state index in [2.05, 4.69) is 10.2 Å². The van der Waals surface area contributed by atoms with E-state index >= 15 is 0 Å². The first-order valence-electron chi connectivity index (χ1n) is 6.74. The van der Waals surface area contributed by atoms with Crippen LogP contribution in [-0.2, 0) is 16.6 Å². The van der Waals surface area contributed by atoms with E-state index in [-0.39, 0.29) is 17.5 Å². The number of nitrogens with one attached hydrogen (secondary N) is 1. The maximum Gasteiger partial charge on any atom is 0.243 e. The van der Waals surface area contributed by atoms with Gasteiger partial charge < -0.3 is 5.73 Å². The third kappa shape index (κ3) is 3.49. The molecule has 7 heteroatoms. The zero-order valence-corrected chi connectivity index (χ0v) is 13.0. The average Bonchev–Trinajstić information content (AvgIpc) is 2.99. The number of sulfonamides is 1. The van der Waals surface area contributed by atoms with E-state index in [1.807, 2.05) is 13.0 Å². The Morgan fingerprint density at radius 3 is 2.81 bits per heavy atom. The number of H-pyrrole nitrogens is 1. The van der Waals surface area contributed by atoms with Gasteiger partial charge in [0.15, 0.2) is 0 Å². The minimum atomic E-state index is -3.54. The van der Waals surface area contributed by atoms with Crippen molar-refractivity contribution in [2.75, 3.05) is 7.05 Å². The first kappa shape index (κ1) is 15.7. The minimum Gasteiger partial charge on any atom is -0.324 e. The van der Waals surface area contributed by atoms with Crippen molar-refractivity contribution in [2.24, 2.45) is 5.73 Å². The predicted octanol–water partition coefficient (Wildman–Crippen LogP) is 1.64. The average molecular weight is 308 g/mol. The summed E-state index contributed by atoms with van der Waals surface area (Å²) in [6.07, 6.45) is 4.04. The molecule has 0 bridgehead atoms. The maximum absolute atomic E-state index is 12.6. The van der Waals surface area contributed by atoms with Crippen LogP contribution in [0, 0.1) is 0 Å². The molecule has 3 N–H and O–H groups in total. The van der Waals surface area contributed by atoms with Crippen LogP contribution in [0.3, 0.4) is 0 Å². The largest absolute Gasteiger partial charge is 0.324 e. The maximum atomic E-state index is 12.6. The van der Waals surface area contributed by atoms with Crippen molar-refractivity contribution in [1.82, 2.24) is 14.5 Å². The summed E-state index contributed by atoms with van der Waals surface area (Å²) in [6.45, 7) is 2.24. The number of hydrogen-bond donors (Lipinski definition) is 2. The second-order valence-electron chi connectivity index (χ2n) is 4.95. The highest BCUT2D eigenvalue weighted by Crippen LogP contribution is 2.21. The summed E-state index contributed by atoms with van der Waals surface area (Å²) >= 11 is 0. The van der Waals surface area contributed by atoms with Gasteiger partial charge in [-0.1, -0.05) is 19.1 Å². The van der Waals surface area contributed by atoms with Crippen LogP contribution in [0.25, 0.3) is 0 Å². The molecule has 114 valence electrons. The molecule has 21 heavy (non-hydrogen) atoms. The molecule has 0 aliphatic heterocycles. The van der Waals surface area contributed by atoms with Gasteiger partial charge in [0.05, 0.1) is 11.1 Å². The summed E-state index contributed by atoms with van der Waals surface area (Å²) in [5.41, 5.74) is 7.61. The summed E-state index contributed by atoms with van der Waals surface area (Å²) in [4.78, 5) is 0.259. The van der Waals surface area contributed by atoms with Gasteiger partial charge >= 0.3 is 0 Å². The Hall–Kier alpha value is -1.70. The zero-order valence-electron chi connectivity index (χ0n) is 12.2. The Labute approximate surface area is 125 Å². The number of nitrogens with zero attached hydrogens (tertiary/aromatic N) is 2. The van der Waals surface area contributed by atoms with Gasteiger partial charge in [0.1, 0.15) is 0 Å². The number of nitrogens with two attached hydrogens (primary N) is 1. The van der Waals surface area contributed by atoms with E-state index in [9.17, 15) is 8.42 Å². The van der Waals surface area contributed by atoms with Gasteiger partial charge in [-0.2, -0.15) is 9.40 Å². The van der Waals surface area contributed by atoms with E-state index in [4.69, 9.17) is 5.73 Å². The highest BCUT2D eigenvalue weighted by atomic mass is 32.2. The van der Waals surface area contributed by atoms with Gasteiger partial charge in [0.2, 0.25) is 10.0 Å². The highest BCUT2D eigenvalue weighted by Gasteiger charge is 2.22. The molecule has 0 amide bonds. The summed E-state index contributed by atoms with van der Waals surface area (Å²) in [5, 5.41) is 6.49. The summed E-state index contributed by atoms with van der Waals surface area (Å²) < 4.78 is 26.5. The highest BCUT2D eigenvalue weighted by molar-refractivity contribution is 7.89. The monoisotopic (exact) mass is 308 g/mol. The quantitative estimate of drug-likeness (QED) is 0.848. The zero-order chi connectivity index (χ0) is 15.5. The summed E-state index contributed by atoms with van der Waals surface area (Å²) in [7, 11) is -1.99. The van der Waals surface area contributed by atoms with Gasteiger partial charge in [-0.05, 0) is 24.1 Å². The van der Waals surface area contributed by atoms with Crippen LogP contribution in [-0.4, -0.2) is 30.0 Å². The Kier molecular flexibility index (Phi) is 4.76. The van der Waals surface area contributed by atoms with E-state index in [0.717, 1.165) is 17.5 Å². The van der Waals surface area contributed by atoms with E-state index in [1.165, 1.54) is 4.31 Å². The van der Waals surface area contributed by atoms with Crippen LogP contribution >= 0.6 is 0 Å². The lowest BCUT2D eigenvalue weighted by molar-refractivity contribution is 0.466. The van der Waals surface area contributed by atoms with Crippen LogP contribution in [0.4, 0.5) is 0 Å². The molecule has 0 aliphatic carbocycles. The Morgan fingerprint density at radius 1 is 1.43 bits per heavy atom. The van der Waals surface area contributed by atoms with Gasteiger partial charge in [0.25, 0.3) is 0 Å². The molecule has 0 spiro atoms. The molecule has 2 aromatic rings. The fourth-order valence-corrected chi connectivity index (χ4v) is 3.24. The molecular weight excluding hydrogens is 288 g/mol. The molecule has 0 fully saturated rings. The minimum absolute atomic E-state index is 0.153. The van der Waals surface area contributed by atoms with Gasteiger partial charge in [-0.15, -0.1) is 0 Å². The fraction of sp³-hybridized carbons (Fsp3) is 0.357. The van der Waals surface area contributed by atoms with E-state index in [0.29, 0.717) is 0 Å². The van der Waals surface area contributed by atoms with Gasteiger partial charge in [0, 0.05) is 31.4 Å². The van der Waals surface area contributed by atoms with Gasteiger partial charge in [-0.3, -0.25) is 5.10 Å². The molecular formula is C14H20N4O2S. The van der Waals surface area contributed by atoms with Crippen LogP contribution in [0.15, 0.2) is 41.6 Å². The van der Waals surface area contributed by atoms with Crippen molar-refractivity contribution < 1.29 is 8.42 Å². The Balaban J connectivity index is 2.26. The number of hydrogen-bond acceptors (Lipinski definition) is 4. The van der Waals surface area contributed by atoms with Crippen molar-refractivity contribution in [3.05, 3.63) is 47.8 Å². The molecule has 2 rings (SSSR count). The number of benzene rings is 1. The fourth-order valence-electron chi connectivity index (χ4n) is 2.03. The smallest absolute Gasteiger partial charge is 0.243 e. The lowest BCUT2D eigenvalue weighted by Gasteiger charge is -2.18. The van der Waals surface area contributed by atoms with Crippen molar-refractivity contribution in [3.8, 4) is 0 Å². The molecule has 1 heterocycles. The molecule has 0 radical (unpaired) electrons. The lowest BCUT2D eigenvalue weighted by atomic mass is 10.1. The van der Waals surface area contributed by atoms with Gasteiger partial charge in [-0.25, -0.2) is 8.42 Å². The molecule has 1 unspecified atom stereocenters. The lowest BCUT2D eigenvalue weighted by Crippen LogP contribution is -2.26. The molecule has 0 aliphatic rings. The summed E-state index contributed by atoms with van der Waals surface area (Å²) in [6, 6.07) is 6.66. The van der Waals surface area contributed by atoms with Crippen molar-refractivity contribution in [1.29, 1.82) is 0 Å². The first-order valence-corrected chi connectivity index (χ1v) is 8.18. The van der Waals surface area contributed by atoms with Crippen molar-refractivity contribution >= 4 is 10.0 Å². The molecule has 1 aromatic heterocycles. The van der Waals surface area contributed by atoms with Crippen molar-refractivity contribution in [2.45, 2.75) is 30.8 Å². The van der Waals surface area contributed by atoms with E-state index < -0.39 is 10.0 Å². The van der Waals surface area contributed by atoms with Crippen LogP contribution in [0.5, 0.6) is 0 Å². The normalized spacial score (nSPS) is 13.5. The summed E-state index contributed by atoms with van der Waals surface area (Å²) in [5.74, 6) is 0. The third-order valence-electron chi connectivity index (χ3n) is 3.39. The Bertz CT molecular complexity index is 683. The molecule has 6 nitrogen and oxygen atoms in total.